The predicted octanol–water partition coefficient (Wildman–Crippen LogP) is 15.4. The molecule has 3 nitrogen and oxygen atoms in total. The Bertz CT molecular complexity index is 1790. The van der Waals surface area contributed by atoms with Crippen LogP contribution in [0.1, 0.15) is 139 Å². The Hall–Kier alpha value is -2.50. The zero-order valence-corrected chi connectivity index (χ0v) is 37.0. The molecule has 282 valence electrons. The van der Waals surface area contributed by atoms with Crippen LogP contribution in [0.4, 0.5) is 0 Å². The highest BCUT2D eigenvalue weighted by Gasteiger charge is 2.31. The lowest BCUT2D eigenvalue weighted by Gasteiger charge is -2.13. The third kappa shape index (κ3) is 10.8. The van der Waals surface area contributed by atoms with Gasteiger partial charge in [0.1, 0.15) is 11.6 Å². The zero-order chi connectivity index (χ0) is 37.7. The highest BCUT2D eigenvalue weighted by Crippen LogP contribution is 2.50. The summed E-state index contributed by atoms with van der Waals surface area (Å²) in [6, 6.07) is 20.2. The molecule has 1 amide bonds. The van der Waals surface area contributed by atoms with Crippen LogP contribution >= 0.6 is 54.5 Å². The van der Waals surface area contributed by atoms with Crippen LogP contribution in [0.15, 0.2) is 61.7 Å². The average Bonchev–Trinajstić information content (AvgIpc) is 3.82. The number of benzene rings is 2. The van der Waals surface area contributed by atoms with Gasteiger partial charge in [0.15, 0.2) is 0 Å². The number of amides is 1. The van der Waals surface area contributed by atoms with Crippen LogP contribution in [-0.4, -0.2) is 24.9 Å². The third-order valence-corrected chi connectivity index (χ3v) is 14.6. The van der Waals surface area contributed by atoms with Gasteiger partial charge in [-0.2, -0.15) is 5.26 Å². The Labute approximate surface area is 344 Å². The van der Waals surface area contributed by atoms with Crippen LogP contribution in [0.3, 0.4) is 0 Å². The minimum atomic E-state index is -0.268. The van der Waals surface area contributed by atoms with Crippen molar-refractivity contribution in [1.82, 2.24) is 4.90 Å². The summed E-state index contributed by atoms with van der Waals surface area (Å²) < 4.78 is 2.40. The quantitative estimate of drug-likeness (QED) is 0.0419. The molecule has 0 aliphatic heterocycles. The highest BCUT2D eigenvalue weighted by molar-refractivity contribution is 9.11. The maximum absolute atomic E-state index is 13.5. The fourth-order valence-electron chi connectivity index (χ4n) is 7.46. The van der Waals surface area contributed by atoms with Gasteiger partial charge in [0, 0.05) is 29.4 Å². The highest BCUT2D eigenvalue weighted by atomic mass is 79.9. The van der Waals surface area contributed by atoms with Crippen LogP contribution in [0.25, 0.3) is 37.6 Å². The molecule has 0 radical (unpaired) electrons. The lowest BCUT2D eigenvalue weighted by molar-refractivity contribution is -0.124. The fraction of sp³-hybridized carbons (Fsp3) is 0.478. The number of carbonyl (C=O) groups is 1. The summed E-state index contributed by atoms with van der Waals surface area (Å²) in [6.07, 6.45) is 23.2. The molecule has 2 aromatic heterocycles. The molecular formula is C46H56Br2N2OS2. The minimum Gasteiger partial charge on any atom is -0.344 e. The molecule has 0 unspecified atom stereocenters. The molecular weight excluding hydrogens is 820 g/mol. The summed E-state index contributed by atoms with van der Waals surface area (Å²) in [6.45, 7) is 4.54. The Balaban J connectivity index is 1.37. The molecule has 0 fully saturated rings. The topological polar surface area (TPSA) is 44.1 Å². The number of thiophene rings is 2. The summed E-state index contributed by atoms with van der Waals surface area (Å²) in [5, 5.41) is 10.5. The van der Waals surface area contributed by atoms with Crippen LogP contribution in [0.2, 0.25) is 0 Å². The number of carbonyl (C=O) groups excluding carboxylic acids is 1. The number of hydrogen-bond donors (Lipinski definition) is 0. The summed E-state index contributed by atoms with van der Waals surface area (Å²) in [5.41, 5.74) is 9.95. The average molecular weight is 877 g/mol. The van der Waals surface area contributed by atoms with E-state index in [-0.39, 0.29) is 11.5 Å². The summed E-state index contributed by atoms with van der Waals surface area (Å²) >= 11 is 11.3. The van der Waals surface area contributed by atoms with E-state index in [0.29, 0.717) is 0 Å². The third-order valence-electron chi connectivity index (χ3n) is 10.5. The number of nitriles is 1. The van der Waals surface area contributed by atoms with E-state index in [0.717, 1.165) is 51.8 Å². The summed E-state index contributed by atoms with van der Waals surface area (Å²) in [4.78, 5) is 17.5. The van der Waals surface area contributed by atoms with Crippen LogP contribution in [0.5, 0.6) is 0 Å². The van der Waals surface area contributed by atoms with Crippen LogP contribution in [-0.2, 0) is 17.6 Å². The van der Waals surface area contributed by atoms with Gasteiger partial charge >= 0.3 is 0 Å². The number of nitrogens with zero attached hydrogens (tertiary/aromatic N) is 2. The smallest absolute Gasteiger partial charge is 0.264 e. The molecule has 5 rings (SSSR count). The molecule has 0 saturated carbocycles. The predicted molar refractivity (Wildman–Crippen MR) is 237 cm³/mol. The van der Waals surface area contributed by atoms with E-state index in [2.05, 4.69) is 100 Å². The Morgan fingerprint density at radius 3 is 1.38 bits per heavy atom. The molecule has 2 heterocycles. The largest absolute Gasteiger partial charge is 0.344 e. The lowest BCUT2D eigenvalue weighted by atomic mass is 9.95. The molecule has 1 aliphatic carbocycles. The van der Waals surface area contributed by atoms with Crippen molar-refractivity contribution in [1.29, 1.82) is 5.26 Å². The van der Waals surface area contributed by atoms with Gasteiger partial charge in [0.25, 0.3) is 5.91 Å². The van der Waals surface area contributed by atoms with Crippen molar-refractivity contribution in [3.8, 4) is 38.1 Å². The number of likely N-dealkylation sites (N-methyl/N-ethyl adjacent to an activating group) is 1. The first-order chi connectivity index (χ1) is 25.8. The van der Waals surface area contributed by atoms with Gasteiger partial charge < -0.3 is 4.90 Å². The first-order valence-electron chi connectivity index (χ1n) is 20.0. The van der Waals surface area contributed by atoms with Crippen molar-refractivity contribution in [2.75, 3.05) is 14.1 Å². The molecule has 0 spiro atoms. The van der Waals surface area contributed by atoms with Crippen molar-refractivity contribution in [3.05, 3.63) is 83.9 Å². The Morgan fingerprint density at radius 2 is 1.00 bits per heavy atom. The molecule has 1 aliphatic rings. The van der Waals surface area contributed by atoms with Crippen molar-refractivity contribution in [2.45, 2.75) is 129 Å². The SMILES string of the molecule is CCCCCCCCCCc1cc(-c2ccc3c(c2)C(=C(C#N)C(=O)N(C)C)c2cc(-c4cc(CCCCCCCCCC)c(Br)s4)ccc2-3)sc1Br. The molecule has 0 N–H and O–H groups in total. The van der Waals surface area contributed by atoms with Crippen molar-refractivity contribution in [2.24, 2.45) is 0 Å². The van der Waals surface area contributed by atoms with Crippen LogP contribution < -0.4 is 0 Å². The zero-order valence-electron chi connectivity index (χ0n) is 32.2. The molecule has 0 bridgehead atoms. The molecule has 4 aromatic rings. The standard InChI is InChI=1S/C46H56Br2N2OS2/c1-5-7-9-11-13-15-17-19-21-34-29-41(52-44(34)47)32-23-25-36-37-26-24-33(28-39(37)43(38(36)27-32)40(31-49)46(51)50(3)4)42-30-35(45(48)53-42)22-20-18-16-14-12-10-8-6-2/h23-30H,5-22H2,1-4H3. The number of unbranched alkanes of at least 4 members (excludes halogenated alkanes) is 14. The molecule has 0 atom stereocenters. The maximum atomic E-state index is 13.5. The fourth-order valence-corrected chi connectivity index (χ4v) is 11.0. The van der Waals surface area contributed by atoms with Gasteiger partial charge in [-0.05, 0) is 126 Å². The second-order valence-corrected chi connectivity index (χ2v) is 19.6. The number of aryl methyl sites for hydroxylation is 2. The lowest BCUT2D eigenvalue weighted by Crippen LogP contribution is -2.23. The van der Waals surface area contributed by atoms with Gasteiger partial charge in [-0.1, -0.05) is 128 Å². The van der Waals surface area contributed by atoms with E-state index in [1.807, 2.05) is 0 Å². The maximum Gasteiger partial charge on any atom is 0.264 e. The number of hydrogen-bond acceptors (Lipinski definition) is 4. The van der Waals surface area contributed by atoms with Gasteiger partial charge in [-0.15, -0.1) is 22.7 Å². The van der Waals surface area contributed by atoms with Crippen molar-refractivity contribution >= 4 is 66.0 Å². The Kier molecular flexibility index (Phi) is 16.5. The molecule has 53 heavy (non-hydrogen) atoms. The first kappa shape index (κ1) is 41.7. The van der Waals surface area contributed by atoms with E-state index in [1.54, 1.807) is 36.8 Å². The van der Waals surface area contributed by atoms with E-state index >= 15 is 0 Å². The molecule has 0 saturated heterocycles. The Morgan fingerprint density at radius 1 is 0.604 bits per heavy atom. The van der Waals surface area contributed by atoms with E-state index < -0.39 is 0 Å². The number of fused-ring (bicyclic) bond motifs is 3. The monoisotopic (exact) mass is 874 g/mol. The van der Waals surface area contributed by atoms with Gasteiger partial charge in [0.2, 0.25) is 0 Å². The van der Waals surface area contributed by atoms with Gasteiger partial charge in [0.05, 0.1) is 7.57 Å². The van der Waals surface area contributed by atoms with Gasteiger partial charge in [-0.25, -0.2) is 0 Å². The summed E-state index contributed by atoms with van der Waals surface area (Å²) in [7, 11) is 3.44. The second kappa shape index (κ2) is 21.0. The van der Waals surface area contributed by atoms with Gasteiger partial charge in [-0.3, -0.25) is 4.79 Å². The second-order valence-electron chi connectivity index (χ2n) is 14.9. The van der Waals surface area contributed by atoms with Crippen molar-refractivity contribution < 1.29 is 4.79 Å². The first-order valence-corrected chi connectivity index (χ1v) is 23.2. The van der Waals surface area contributed by atoms with Crippen LogP contribution in [0, 0.1) is 11.3 Å². The van der Waals surface area contributed by atoms with E-state index in [9.17, 15) is 10.1 Å². The number of halogens is 2. The number of rotatable bonds is 21. The normalized spacial score (nSPS) is 11.8. The van der Waals surface area contributed by atoms with E-state index in [1.165, 1.54) is 136 Å². The molecule has 2 aromatic carbocycles. The van der Waals surface area contributed by atoms with E-state index in [4.69, 9.17) is 0 Å². The van der Waals surface area contributed by atoms with Crippen molar-refractivity contribution in [3.63, 3.8) is 0 Å². The minimum absolute atomic E-state index is 0.190. The summed E-state index contributed by atoms with van der Waals surface area (Å²) in [5.74, 6) is -0.268. The molecule has 7 heteroatoms.